The Kier molecular flexibility index (Phi) is 4.12. The standard InChI is InChI=1S/C13H21N3O4S/c1-13(2)6-4-9(5-7-13)16(3)21(19,20)11-10(12(17)18)8-14-15-11/h8-9H,4-7H2,1-3H3,(H,14,15)(H,17,18). The molecule has 21 heavy (non-hydrogen) atoms. The molecular weight excluding hydrogens is 294 g/mol. The second-order valence-electron chi connectivity index (χ2n) is 6.33. The van der Waals surface area contributed by atoms with E-state index in [2.05, 4.69) is 24.0 Å². The van der Waals surface area contributed by atoms with E-state index in [1.165, 1.54) is 11.4 Å². The van der Waals surface area contributed by atoms with Gasteiger partial charge in [-0.25, -0.2) is 13.2 Å². The highest BCUT2D eigenvalue weighted by molar-refractivity contribution is 7.89. The lowest BCUT2D eigenvalue weighted by atomic mass is 9.76. The molecule has 1 aromatic rings. The Hall–Kier alpha value is -1.41. The van der Waals surface area contributed by atoms with Crippen molar-refractivity contribution >= 4 is 16.0 Å². The predicted octanol–water partition coefficient (Wildman–Crippen LogP) is 1.70. The van der Waals surface area contributed by atoms with Crippen LogP contribution in [-0.2, 0) is 10.0 Å². The normalized spacial score (nSPS) is 19.8. The van der Waals surface area contributed by atoms with Gasteiger partial charge in [-0.3, -0.25) is 5.10 Å². The maximum Gasteiger partial charge on any atom is 0.340 e. The van der Waals surface area contributed by atoms with Gasteiger partial charge in [-0.2, -0.15) is 9.40 Å². The zero-order valence-corrected chi connectivity index (χ0v) is 13.3. The SMILES string of the molecule is CN(C1CCC(C)(C)CC1)S(=O)(=O)c1[nH]ncc1C(=O)O. The number of carboxylic acid groups (broad SMARTS) is 1. The first-order valence-electron chi connectivity index (χ1n) is 6.90. The van der Waals surface area contributed by atoms with Crippen LogP contribution in [0, 0.1) is 5.41 Å². The highest BCUT2D eigenvalue weighted by Gasteiger charge is 2.36. The lowest BCUT2D eigenvalue weighted by molar-refractivity contribution is 0.0692. The van der Waals surface area contributed by atoms with Gasteiger partial charge in [0, 0.05) is 13.1 Å². The Morgan fingerprint density at radius 1 is 1.43 bits per heavy atom. The lowest BCUT2D eigenvalue weighted by Gasteiger charge is -2.37. The Morgan fingerprint density at radius 2 is 2.00 bits per heavy atom. The van der Waals surface area contributed by atoms with Crippen LogP contribution in [0.1, 0.15) is 49.9 Å². The summed E-state index contributed by atoms with van der Waals surface area (Å²) in [5.74, 6) is -1.31. The molecule has 1 aliphatic carbocycles. The van der Waals surface area contributed by atoms with Gasteiger partial charge in [0.25, 0.3) is 10.0 Å². The Morgan fingerprint density at radius 3 is 2.52 bits per heavy atom. The van der Waals surface area contributed by atoms with Gasteiger partial charge in [-0.1, -0.05) is 13.8 Å². The smallest absolute Gasteiger partial charge is 0.340 e. The summed E-state index contributed by atoms with van der Waals surface area (Å²) in [5, 5.41) is 14.5. The molecule has 0 unspecified atom stereocenters. The number of carbonyl (C=O) groups is 1. The van der Waals surface area contributed by atoms with Crippen LogP contribution in [0.25, 0.3) is 0 Å². The van der Waals surface area contributed by atoms with E-state index in [1.54, 1.807) is 0 Å². The topological polar surface area (TPSA) is 103 Å². The molecule has 8 heteroatoms. The molecule has 0 atom stereocenters. The number of nitrogens with one attached hydrogen (secondary N) is 1. The van der Waals surface area contributed by atoms with E-state index in [0.29, 0.717) is 0 Å². The van der Waals surface area contributed by atoms with Crippen LogP contribution in [0.15, 0.2) is 11.2 Å². The number of sulfonamides is 1. The maximum atomic E-state index is 12.6. The monoisotopic (exact) mass is 315 g/mol. The van der Waals surface area contributed by atoms with Crippen LogP contribution in [0.2, 0.25) is 0 Å². The highest BCUT2D eigenvalue weighted by Crippen LogP contribution is 2.37. The molecule has 1 aliphatic rings. The largest absolute Gasteiger partial charge is 0.478 e. The average molecular weight is 315 g/mol. The molecule has 0 bridgehead atoms. The minimum atomic E-state index is -3.87. The minimum absolute atomic E-state index is 0.104. The molecule has 0 spiro atoms. The van der Waals surface area contributed by atoms with Gasteiger partial charge in [-0.15, -0.1) is 0 Å². The molecule has 7 nitrogen and oxygen atoms in total. The molecule has 0 radical (unpaired) electrons. The van der Waals surface area contributed by atoms with E-state index in [9.17, 15) is 13.2 Å². The van der Waals surface area contributed by atoms with E-state index < -0.39 is 16.0 Å². The van der Waals surface area contributed by atoms with E-state index in [-0.39, 0.29) is 22.0 Å². The number of carboxylic acids is 1. The molecule has 0 aromatic carbocycles. The number of hydrogen-bond acceptors (Lipinski definition) is 4. The molecule has 0 saturated heterocycles. The zero-order valence-electron chi connectivity index (χ0n) is 12.5. The molecule has 1 aromatic heterocycles. The number of aromatic nitrogens is 2. The molecule has 0 amide bonds. The molecule has 1 saturated carbocycles. The van der Waals surface area contributed by atoms with Crippen molar-refractivity contribution in [3.63, 3.8) is 0 Å². The van der Waals surface area contributed by atoms with E-state index in [1.807, 2.05) is 0 Å². The van der Waals surface area contributed by atoms with Crippen LogP contribution in [0.5, 0.6) is 0 Å². The Bertz CT molecular complexity index is 626. The van der Waals surface area contributed by atoms with Crippen molar-refractivity contribution in [2.75, 3.05) is 7.05 Å². The number of nitrogens with zero attached hydrogens (tertiary/aromatic N) is 2. The number of aromatic amines is 1. The number of hydrogen-bond donors (Lipinski definition) is 2. The summed E-state index contributed by atoms with van der Waals surface area (Å²) < 4.78 is 26.4. The third-order valence-corrected chi connectivity index (χ3v) is 6.18. The first-order chi connectivity index (χ1) is 9.65. The summed E-state index contributed by atoms with van der Waals surface area (Å²) in [4.78, 5) is 11.1. The van der Waals surface area contributed by atoms with Gasteiger partial charge >= 0.3 is 5.97 Å². The minimum Gasteiger partial charge on any atom is -0.478 e. The van der Waals surface area contributed by atoms with Gasteiger partial charge in [-0.05, 0) is 31.1 Å². The fraction of sp³-hybridized carbons (Fsp3) is 0.692. The fourth-order valence-electron chi connectivity index (χ4n) is 2.71. The van der Waals surface area contributed by atoms with Crippen molar-refractivity contribution in [3.8, 4) is 0 Å². The van der Waals surface area contributed by atoms with Crippen molar-refractivity contribution in [2.24, 2.45) is 5.41 Å². The van der Waals surface area contributed by atoms with Gasteiger partial charge < -0.3 is 5.11 Å². The first kappa shape index (κ1) is 16.0. The molecule has 1 fully saturated rings. The zero-order chi connectivity index (χ0) is 15.8. The first-order valence-corrected chi connectivity index (χ1v) is 8.34. The number of aromatic carboxylic acids is 1. The molecule has 1 heterocycles. The number of rotatable bonds is 4. The number of H-pyrrole nitrogens is 1. The van der Waals surface area contributed by atoms with Crippen LogP contribution in [0.3, 0.4) is 0 Å². The van der Waals surface area contributed by atoms with Crippen LogP contribution in [0.4, 0.5) is 0 Å². The highest BCUT2D eigenvalue weighted by atomic mass is 32.2. The van der Waals surface area contributed by atoms with Crippen LogP contribution < -0.4 is 0 Å². The molecule has 2 N–H and O–H groups in total. The van der Waals surface area contributed by atoms with Crippen molar-refractivity contribution in [1.82, 2.24) is 14.5 Å². The molecule has 0 aliphatic heterocycles. The molecule has 118 valence electrons. The Balaban J connectivity index is 2.24. The van der Waals surface area contributed by atoms with Crippen LogP contribution in [-0.4, -0.2) is 47.1 Å². The van der Waals surface area contributed by atoms with E-state index in [4.69, 9.17) is 5.11 Å². The average Bonchev–Trinajstić information content (AvgIpc) is 2.88. The maximum absolute atomic E-state index is 12.6. The van der Waals surface area contributed by atoms with Gasteiger partial charge in [0.1, 0.15) is 5.56 Å². The lowest BCUT2D eigenvalue weighted by Crippen LogP contribution is -2.41. The van der Waals surface area contributed by atoms with E-state index in [0.717, 1.165) is 31.9 Å². The molecular formula is C13H21N3O4S. The summed E-state index contributed by atoms with van der Waals surface area (Å²) in [6.07, 6.45) is 4.48. The van der Waals surface area contributed by atoms with E-state index >= 15 is 0 Å². The second kappa shape index (κ2) is 5.42. The summed E-state index contributed by atoms with van der Waals surface area (Å²) in [6, 6.07) is -0.104. The second-order valence-corrected chi connectivity index (χ2v) is 8.27. The Labute approximate surface area is 124 Å². The quantitative estimate of drug-likeness (QED) is 0.880. The third kappa shape index (κ3) is 3.11. The van der Waals surface area contributed by atoms with Crippen molar-refractivity contribution in [2.45, 2.75) is 50.6 Å². The van der Waals surface area contributed by atoms with Crippen molar-refractivity contribution in [3.05, 3.63) is 11.8 Å². The van der Waals surface area contributed by atoms with Gasteiger partial charge in [0.05, 0.1) is 6.20 Å². The molecule has 2 rings (SSSR count). The van der Waals surface area contributed by atoms with Gasteiger partial charge in [0.15, 0.2) is 5.03 Å². The summed E-state index contributed by atoms with van der Waals surface area (Å²) >= 11 is 0. The summed E-state index contributed by atoms with van der Waals surface area (Å²) in [5.41, 5.74) is -0.0839. The predicted molar refractivity (Wildman–Crippen MR) is 76.5 cm³/mol. The van der Waals surface area contributed by atoms with Gasteiger partial charge in [0.2, 0.25) is 0 Å². The summed E-state index contributed by atoms with van der Waals surface area (Å²) in [6.45, 7) is 4.35. The summed E-state index contributed by atoms with van der Waals surface area (Å²) in [7, 11) is -2.37. The fourth-order valence-corrected chi connectivity index (χ4v) is 4.19. The van der Waals surface area contributed by atoms with Crippen LogP contribution >= 0.6 is 0 Å². The third-order valence-electron chi connectivity index (χ3n) is 4.29. The van der Waals surface area contributed by atoms with Crippen molar-refractivity contribution in [1.29, 1.82) is 0 Å². The van der Waals surface area contributed by atoms with Crippen molar-refractivity contribution < 1.29 is 18.3 Å².